The van der Waals surface area contributed by atoms with E-state index in [0.717, 1.165) is 0 Å². The second-order valence-corrected chi connectivity index (χ2v) is 5.38. The summed E-state index contributed by atoms with van der Waals surface area (Å²) < 4.78 is 10.5. The van der Waals surface area contributed by atoms with E-state index < -0.39 is 5.97 Å². The van der Waals surface area contributed by atoms with Crippen LogP contribution in [0.5, 0.6) is 0 Å². The van der Waals surface area contributed by atoms with E-state index in [4.69, 9.17) is 20.8 Å². The first-order valence-electron chi connectivity index (χ1n) is 6.98. The number of aromatic nitrogens is 3. The fourth-order valence-corrected chi connectivity index (χ4v) is 2.07. The molecule has 0 radical (unpaired) electrons. The summed E-state index contributed by atoms with van der Waals surface area (Å²) in [4.78, 5) is 25.8. The minimum Gasteiger partial charge on any atom is -0.451 e. The van der Waals surface area contributed by atoms with Crippen LogP contribution in [0, 0.1) is 0 Å². The summed E-state index contributed by atoms with van der Waals surface area (Å²) in [5.41, 5.74) is 1.29. The van der Waals surface area contributed by atoms with E-state index in [9.17, 15) is 9.59 Å². The number of esters is 1. The molecule has 0 aliphatic heterocycles. The van der Waals surface area contributed by atoms with Crippen molar-refractivity contribution in [3.63, 3.8) is 0 Å². The van der Waals surface area contributed by atoms with Gasteiger partial charge in [0.1, 0.15) is 5.69 Å². The van der Waals surface area contributed by atoms with Crippen molar-refractivity contribution in [1.29, 1.82) is 0 Å². The van der Waals surface area contributed by atoms with Crippen molar-refractivity contribution in [2.45, 2.75) is 13.5 Å². The number of ether oxygens (including phenoxy) is 1. The van der Waals surface area contributed by atoms with Crippen molar-refractivity contribution >= 4 is 23.4 Å². The van der Waals surface area contributed by atoms with Crippen LogP contribution in [-0.2, 0) is 11.3 Å². The minimum atomic E-state index is -0.617. The van der Waals surface area contributed by atoms with Crippen molar-refractivity contribution in [3.8, 4) is 11.5 Å². The van der Waals surface area contributed by atoms with Gasteiger partial charge < -0.3 is 14.1 Å². The first-order chi connectivity index (χ1) is 11.5. The number of Topliss-reactive ketones (excluding diaryl/α,β-unsaturated/α-hetero) is 1. The maximum atomic E-state index is 11.9. The topological polar surface area (TPSA) is 98.1 Å². The zero-order valence-corrected chi connectivity index (χ0v) is 13.3. The number of hydrogen-bond acceptors (Lipinski definition) is 6. The van der Waals surface area contributed by atoms with E-state index in [2.05, 4.69) is 15.2 Å². The highest BCUT2D eigenvalue weighted by atomic mass is 35.5. The van der Waals surface area contributed by atoms with Gasteiger partial charge in [-0.25, -0.2) is 4.79 Å². The van der Waals surface area contributed by atoms with Gasteiger partial charge in [-0.05, 0) is 37.3 Å². The summed E-state index contributed by atoms with van der Waals surface area (Å²) in [7, 11) is 0. The molecule has 0 saturated heterocycles. The van der Waals surface area contributed by atoms with Gasteiger partial charge in [0.15, 0.2) is 12.4 Å². The molecular weight excluding hydrogens is 334 g/mol. The third-order valence-electron chi connectivity index (χ3n) is 3.19. The number of carbonyl (C=O) groups excluding carboxylic acids is 2. The Bertz CT molecular complexity index is 883. The quantitative estimate of drug-likeness (QED) is 0.563. The Balaban J connectivity index is 1.63. The molecule has 2 aromatic heterocycles. The standard InChI is InChI=1S/C16H12ClN3O4/c1-9(21)11-6-13(18-7-11)16(22)23-8-14-19-20-15(24-14)10-2-4-12(17)5-3-10/h2-7,18H,8H2,1H3. The number of aromatic amines is 1. The monoisotopic (exact) mass is 345 g/mol. The van der Waals surface area contributed by atoms with Crippen LogP contribution in [0.15, 0.2) is 40.9 Å². The lowest BCUT2D eigenvalue weighted by Crippen LogP contribution is -2.05. The Morgan fingerprint density at radius 1 is 1.25 bits per heavy atom. The third kappa shape index (κ3) is 3.52. The maximum absolute atomic E-state index is 11.9. The van der Waals surface area contributed by atoms with Crippen molar-refractivity contribution in [2.24, 2.45) is 0 Å². The summed E-state index contributed by atoms with van der Waals surface area (Å²) in [5.74, 6) is -0.299. The number of H-pyrrole nitrogens is 1. The number of hydrogen-bond donors (Lipinski definition) is 1. The summed E-state index contributed by atoms with van der Waals surface area (Å²) in [5, 5.41) is 8.31. The van der Waals surface area contributed by atoms with Gasteiger partial charge >= 0.3 is 5.97 Å². The van der Waals surface area contributed by atoms with Gasteiger partial charge in [-0.1, -0.05) is 11.6 Å². The molecule has 8 heteroatoms. The van der Waals surface area contributed by atoms with Crippen LogP contribution < -0.4 is 0 Å². The summed E-state index contributed by atoms with van der Waals surface area (Å²) in [6.07, 6.45) is 1.45. The van der Waals surface area contributed by atoms with Crippen LogP contribution in [0.1, 0.15) is 33.7 Å². The van der Waals surface area contributed by atoms with Crippen molar-refractivity contribution in [2.75, 3.05) is 0 Å². The molecule has 1 aromatic carbocycles. The summed E-state index contributed by atoms with van der Waals surface area (Å²) in [6, 6.07) is 8.33. The average Bonchev–Trinajstić information content (AvgIpc) is 3.23. The van der Waals surface area contributed by atoms with Gasteiger partial charge in [0.25, 0.3) is 5.89 Å². The van der Waals surface area contributed by atoms with Crippen molar-refractivity contribution in [1.82, 2.24) is 15.2 Å². The fraction of sp³-hybridized carbons (Fsp3) is 0.125. The Kier molecular flexibility index (Phi) is 4.43. The first kappa shape index (κ1) is 15.9. The van der Waals surface area contributed by atoms with Gasteiger partial charge in [0.2, 0.25) is 5.89 Å². The predicted octanol–water partition coefficient (Wildman–Crippen LogP) is 3.28. The second-order valence-electron chi connectivity index (χ2n) is 4.94. The van der Waals surface area contributed by atoms with Crippen LogP contribution in [0.4, 0.5) is 0 Å². The number of ketones is 1. The minimum absolute atomic E-state index is 0.144. The Morgan fingerprint density at radius 3 is 2.67 bits per heavy atom. The van der Waals surface area contributed by atoms with Crippen molar-refractivity contribution in [3.05, 3.63) is 58.7 Å². The number of nitrogens with zero attached hydrogens (tertiary/aromatic N) is 2. The summed E-state index contributed by atoms with van der Waals surface area (Å²) in [6.45, 7) is 1.24. The molecule has 0 bridgehead atoms. The third-order valence-corrected chi connectivity index (χ3v) is 3.45. The highest BCUT2D eigenvalue weighted by molar-refractivity contribution is 6.30. The van der Waals surface area contributed by atoms with Gasteiger partial charge in [-0.15, -0.1) is 10.2 Å². The largest absolute Gasteiger partial charge is 0.451 e. The van der Waals surface area contributed by atoms with Crippen molar-refractivity contribution < 1.29 is 18.7 Å². The van der Waals surface area contributed by atoms with Gasteiger partial charge in [0.05, 0.1) is 0 Å². The van der Waals surface area contributed by atoms with Crippen LogP contribution in [-0.4, -0.2) is 26.9 Å². The lowest BCUT2D eigenvalue weighted by atomic mass is 10.2. The van der Waals surface area contributed by atoms with E-state index in [-0.39, 0.29) is 24.0 Å². The van der Waals surface area contributed by atoms with E-state index in [0.29, 0.717) is 22.0 Å². The number of benzene rings is 1. The molecule has 0 spiro atoms. The number of carbonyl (C=O) groups is 2. The normalized spacial score (nSPS) is 10.6. The Labute approximate surface area is 141 Å². The molecular formula is C16H12ClN3O4. The van der Waals surface area contributed by atoms with Crippen LogP contribution >= 0.6 is 11.6 Å². The zero-order chi connectivity index (χ0) is 17.1. The SMILES string of the molecule is CC(=O)c1c[nH]c(C(=O)OCc2nnc(-c3ccc(Cl)cc3)o2)c1. The molecule has 0 unspecified atom stereocenters. The first-order valence-corrected chi connectivity index (χ1v) is 7.35. The smallest absolute Gasteiger partial charge is 0.355 e. The molecule has 122 valence electrons. The molecule has 3 aromatic rings. The van der Waals surface area contributed by atoms with Gasteiger partial charge in [-0.2, -0.15) is 0 Å². The number of nitrogens with one attached hydrogen (secondary N) is 1. The zero-order valence-electron chi connectivity index (χ0n) is 12.6. The predicted molar refractivity (Wildman–Crippen MR) is 84.7 cm³/mol. The lowest BCUT2D eigenvalue weighted by Gasteiger charge is -1.99. The molecule has 1 N–H and O–H groups in total. The lowest BCUT2D eigenvalue weighted by molar-refractivity contribution is 0.0432. The summed E-state index contributed by atoms with van der Waals surface area (Å²) >= 11 is 5.82. The molecule has 0 atom stereocenters. The van der Waals surface area contributed by atoms with Crippen LogP contribution in [0.25, 0.3) is 11.5 Å². The average molecular weight is 346 g/mol. The fourth-order valence-electron chi connectivity index (χ4n) is 1.94. The Morgan fingerprint density at radius 2 is 2.00 bits per heavy atom. The molecule has 0 saturated carbocycles. The van der Waals surface area contributed by atoms with Crippen LogP contribution in [0.2, 0.25) is 5.02 Å². The molecule has 0 amide bonds. The molecule has 3 rings (SSSR count). The van der Waals surface area contributed by atoms with Gasteiger partial charge in [-0.3, -0.25) is 4.79 Å². The molecule has 7 nitrogen and oxygen atoms in total. The highest BCUT2D eigenvalue weighted by Gasteiger charge is 2.14. The molecule has 0 aliphatic rings. The van der Waals surface area contributed by atoms with E-state index in [1.165, 1.54) is 19.2 Å². The molecule has 0 aliphatic carbocycles. The number of halogens is 1. The Hall–Kier alpha value is -2.93. The van der Waals surface area contributed by atoms with Crippen LogP contribution in [0.3, 0.4) is 0 Å². The highest BCUT2D eigenvalue weighted by Crippen LogP contribution is 2.20. The molecule has 24 heavy (non-hydrogen) atoms. The van der Waals surface area contributed by atoms with Gasteiger partial charge in [0, 0.05) is 22.3 Å². The van der Waals surface area contributed by atoms with E-state index in [1.807, 2.05) is 0 Å². The molecule has 2 heterocycles. The van der Waals surface area contributed by atoms with E-state index in [1.54, 1.807) is 24.3 Å². The number of rotatable bonds is 5. The second kappa shape index (κ2) is 6.67. The molecule has 0 fully saturated rings. The van der Waals surface area contributed by atoms with E-state index >= 15 is 0 Å². The maximum Gasteiger partial charge on any atom is 0.355 e.